The van der Waals surface area contributed by atoms with E-state index < -0.39 is 0 Å². The molecule has 1 amide bonds. The Labute approximate surface area is 148 Å². The van der Waals surface area contributed by atoms with Crippen molar-refractivity contribution < 1.29 is 4.79 Å². The average Bonchev–Trinajstić information content (AvgIpc) is 3.26. The molecule has 2 unspecified atom stereocenters. The number of likely N-dealkylation sites (tertiary alicyclic amines) is 1. The van der Waals surface area contributed by atoms with Gasteiger partial charge in [0.2, 0.25) is 5.91 Å². The lowest BCUT2D eigenvalue weighted by atomic mass is 9.99. The molecule has 25 heavy (non-hydrogen) atoms. The molecule has 0 aliphatic carbocycles. The third-order valence-corrected chi connectivity index (χ3v) is 4.82. The van der Waals surface area contributed by atoms with Crippen molar-refractivity contribution in [3.63, 3.8) is 0 Å². The van der Waals surface area contributed by atoms with E-state index in [-0.39, 0.29) is 18.0 Å². The average molecular weight is 345 g/mol. The Morgan fingerprint density at radius 3 is 2.88 bits per heavy atom. The lowest BCUT2D eigenvalue weighted by Gasteiger charge is -2.39. The van der Waals surface area contributed by atoms with E-state index in [4.69, 9.17) is 0 Å². The summed E-state index contributed by atoms with van der Waals surface area (Å²) >= 11 is 0. The van der Waals surface area contributed by atoms with Crippen molar-refractivity contribution >= 4 is 11.7 Å². The number of piperidine rings is 1. The summed E-state index contributed by atoms with van der Waals surface area (Å²) in [6, 6.07) is 2.14. The van der Waals surface area contributed by atoms with E-state index in [2.05, 4.69) is 25.4 Å². The maximum atomic E-state index is 12.8. The van der Waals surface area contributed by atoms with Gasteiger partial charge in [0.1, 0.15) is 18.5 Å². The van der Waals surface area contributed by atoms with Crippen molar-refractivity contribution in [1.29, 1.82) is 0 Å². The van der Waals surface area contributed by atoms with E-state index in [0.717, 1.165) is 31.7 Å². The Bertz CT molecular complexity index is 679. The highest BCUT2D eigenvalue weighted by Crippen LogP contribution is 2.22. The molecule has 2 atom stereocenters. The minimum absolute atomic E-state index is 0.00731. The molecule has 3 heterocycles. The molecule has 1 N–H and O–H groups in total. The van der Waals surface area contributed by atoms with Crippen LogP contribution in [-0.2, 0) is 11.3 Å². The van der Waals surface area contributed by atoms with Crippen LogP contribution in [0.5, 0.6) is 0 Å². The number of rotatable bonds is 6. The minimum atomic E-state index is -0.204. The Morgan fingerprint density at radius 2 is 2.16 bits per heavy atom. The molecule has 2 aromatic rings. The first-order chi connectivity index (χ1) is 12.1. The van der Waals surface area contributed by atoms with Gasteiger partial charge in [0, 0.05) is 18.2 Å². The number of hydrogen-bond donors (Lipinski definition) is 1. The third-order valence-electron chi connectivity index (χ3n) is 4.82. The summed E-state index contributed by atoms with van der Waals surface area (Å²) < 4.78 is 3.68. The zero-order valence-corrected chi connectivity index (χ0v) is 15.2. The lowest BCUT2D eigenvalue weighted by molar-refractivity contribution is -0.122. The van der Waals surface area contributed by atoms with Crippen molar-refractivity contribution in [2.75, 3.05) is 11.9 Å². The Morgan fingerprint density at radius 1 is 1.32 bits per heavy atom. The van der Waals surface area contributed by atoms with Crippen molar-refractivity contribution in [2.45, 2.75) is 64.7 Å². The van der Waals surface area contributed by atoms with Crippen molar-refractivity contribution in [3.05, 3.63) is 24.9 Å². The summed E-state index contributed by atoms with van der Waals surface area (Å²) in [7, 11) is 0. The number of nitrogens with zero attached hydrogens (tertiary/aromatic N) is 6. The number of nitrogens with one attached hydrogen (secondary N) is 1. The molecule has 8 nitrogen and oxygen atoms in total. The summed E-state index contributed by atoms with van der Waals surface area (Å²) in [6.45, 7) is 7.76. The van der Waals surface area contributed by atoms with Gasteiger partial charge in [-0.2, -0.15) is 10.2 Å². The fraction of sp³-hybridized carbons (Fsp3) is 0.647. The number of aromatic nitrogens is 5. The molecule has 136 valence electrons. The fourth-order valence-corrected chi connectivity index (χ4v) is 3.48. The van der Waals surface area contributed by atoms with Crippen LogP contribution in [0.25, 0.3) is 0 Å². The van der Waals surface area contributed by atoms with Crippen LogP contribution >= 0.6 is 0 Å². The highest BCUT2D eigenvalue weighted by Gasteiger charge is 2.31. The van der Waals surface area contributed by atoms with Crippen LogP contribution in [0.1, 0.15) is 46.1 Å². The van der Waals surface area contributed by atoms with Crippen LogP contribution in [0.15, 0.2) is 24.9 Å². The van der Waals surface area contributed by atoms with Crippen LogP contribution in [0, 0.1) is 0 Å². The SMILES string of the molecule is CC(C(=O)Nc1ccnn1C(C)C)N1CCCCC1Cn1cncn1. The van der Waals surface area contributed by atoms with E-state index in [1.54, 1.807) is 18.9 Å². The highest BCUT2D eigenvalue weighted by molar-refractivity contribution is 5.93. The highest BCUT2D eigenvalue weighted by atomic mass is 16.2. The molecular formula is C17H27N7O. The van der Waals surface area contributed by atoms with Gasteiger partial charge in [0.05, 0.1) is 18.8 Å². The topological polar surface area (TPSA) is 80.9 Å². The summed E-state index contributed by atoms with van der Waals surface area (Å²) in [5.41, 5.74) is 0. The summed E-state index contributed by atoms with van der Waals surface area (Å²) in [5, 5.41) is 11.5. The number of anilines is 1. The van der Waals surface area contributed by atoms with Gasteiger partial charge in [0.15, 0.2) is 0 Å². The molecule has 2 aromatic heterocycles. The van der Waals surface area contributed by atoms with Gasteiger partial charge in [-0.05, 0) is 40.2 Å². The van der Waals surface area contributed by atoms with Crippen molar-refractivity contribution in [3.8, 4) is 0 Å². The smallest absolute Gasteiger partial charge is 0.242 e. The molecular weight excluding hydrogens is 318 g/mol. The van der Waals surface area contributed by atoms with Gasteiger partial charge < -0.3 is 5.32 Å². The Balaban J connectivity index is 1.67. The molecule has 1 saturated heterocycles. The normalized spacial score (nSPS) is 19.9. The zero-order valence-electron chi connectivity index (χ0n) is 15.2. The standard InChI is InChI=1S/C17H27N7O/c1-13(2)24-16(7-8-19-24)21-17(25)14(3)23-9-5-4-6-15(23)10-22-12-18-11-20-22/h7-8,11-15H,4-6,9-10H2,1-3H3,(H,21,25). The zero-order chi connectivity index (χ0) is 17.8. The van der Waals surface area contributed by atoms with Crippen molar-refractivity contribution in [1.82, 2.24) is 29.4 Å². The van der Waals surface area contributed by atoms with Gasteiger partial charge in [-0.3, -0.25) is 14.4 Å². The second-order valence-electron chi connectivity index (χ2n) is 6.92. The first kappa shape index (κ1) is 17.6. The molecule has 0 saturated carbocycles. The lowest BCUT2D eigenvalue weighted by Crippen LogP contribution is -2.51. The molecule has 8 heteroatoms. The Kier molecular flexibility index (Phi) is 5.47. The maximum absolute atomic E-state index is 12.8. The number of carbonyl (C=O) groups excluding carboxylic acids is 1. The van der Waals surface area contributed by atoms with Crippen molar-refractivity contribution in [2.24, 2.45) is 0 Å². The molecule has 1 aliphatic heterocycles. The molecule has 0 aromatic carbocycles. The molecule has 0 spiro atoms. The number of carbonyl (C=O) groups is 1. The van der Waals surface area contributed by atoms with Crippen LogP contribution in [0.3, 0.4) is 0 Å². The van der Waals surface area contributed by atoms with Gasteiger partial charge in [-0.1, -0.05) is 6.42 Å². The van der Waals surface area contributed by atoms with E-state index in [9.17, 15) is 4.79 Å². The van der Waals surface area contributed by atoms with Crippen LogP contribution in [0.2, 0.25) is 0 Å². The molecule has 3 rings (SSSR count). The first-order valence-corrected chi connectivity index (χ1v) is 8.99. The predicted octanol–water partition coefficient (Wildman–Crippen LogP) is 1.94. The monoisotopic (exact) mass is 345 g/mol. The summed E-state index contributed by atoms with van der Waals surface area (Å²) in [4.78, 5) is 19.1. The number of hydrogen-bond acceptors (Lipinski definition) is 5. The van der Waals surface area contributed by atoms with E-state index in [1.165, 1.54) is 6.42 Å². The van der Waals surface area contributed by atoms with Crippen LogP contribution in [0.4, 0.5) is 5.82 Å². The summed E-state index contributed by atoms with van der Waals surface area (Å²) in [6.07, 6.45) is 8.38. The quantitative estimate of drug-likeness (QED) is 0.865. The molecule has 0 bridgehead atoms. The third kappa shape index (κ3) is 4.07. The number of amides is 1. The molecule has 1 fully saturated rings. The maximum Gasteiger partial charge on any atom is 0.242 e. The van der Waals surface area contributed by atoms with E-state index in [0.29, 0.717) is 6.04 Å². The largest absolute Gasteiger partial charge is 0.310 e. The van der Waals surface area contributed by atoms with Gasteiger partial charge >= 0.3 is 0 Å². The van der Waals surface area contributed by atoms with E-state index in [1.807, 2.05) is 36.2 Å². The first-order valence-electron chi connectivity index (χ1n) is 8.99. The van der Waals surface area contributed by atoms with Crippen LogP contribution in [-0.4, -0.2) is 54.0 Å². The fourth-order valence-electron chi connectivity index (χ4n) is 3.48. The van der Waals surface area contributed by atoms with E-state index >= 15 is 0 Å². The second-order valence-corrected chi connectivity index (χ2v) is 6.92. The predicted molar refractivity (Wildman–Crippen MR) is 95.1 cm³/mol. The van der Waals surface area contributed by atoms with Gasteiger partial charge in [-0.15, -0.1) is 0 Å². The summed E-state index contributed by atoms with van der Waals surface area (Å²) in [5.74, 6) is 0.754. The molecule has 0 radical (unpaired) electrons. The van der Waals surface area contributed by atoms with Gasteiger partial charge in [-0.25, -0.2) is 9.67 Å². The van der Waals surface area contributed by atoms with Gasteiger partial charge in [0.25, 0.3) is 0 Å². The molecule has 1 aliphatic rings. The van der Waals surface area contributed by atoms with Crippen LogP contribution < -0.4 is 5.32 Å². The minimum Gasteiger partial charge on any atom is -0.310 e. The second kappa shape index (κ2) is 7.77. The Hall–Kier alpha value is -2.22.